The third kappa shape index (κ3) is 3.90. The van der Waals surface area contributed by atoms with Gasteiger partial charge in [0.05, 0.1) is 6.20 Å². The van der Waals surface area contributed by atoms with E-state index in [1.165, 1.54) is 23.0 Å². The smallest absolute Gasteiger partial charge is 0.362 e. The number of carboxylic acid groups (broad SMARTS) is 1. The molecule has 4 aromatic heterocycles. The van der Waals surface area contributed by atoms with Crippen molar-refractivity contribution in [2.75, 3.05) is 0 Å². The zero-order chi connectivity index (χ0) is 22.9. The summed E-state index contributed by atoms with van der Waals surface area (Å²) < 4.78 is 12.2. The Bertz CT molecular complexity index is 1540. The molecule has 0 saturated heterocycles. The third-order valence-corrected chi connectivity index (χ3v) is 5.70. The molecule has 33 heavy (non-hydrogen) atoms. The quantitative estimate of drug-likeness (QED) is 0.359. The van der Waals surface area contributed by atoms with Crippen LogP contribution in [0.15, 0.2) is 64.2 Å². The molecule has 0 aliphatic heterocycles. The van der Waals surface area contributed by atoms with Crippen molar-refractivity contribution in [3.05, 3.63) is 76.0 Å². The van der Waals surface area contributed by atoms with E-state index in [2.05, 4.69) is 20.3 Å². The van der Waals surface area contributed by atoms with Crippen molar-refractivity contribution in [2.24, 2.45) is 0 Å². The number of aromatic carboxylic acids is 1. The first-order valence-electron chi connectivity index (χ1n) is 9.44. The topological polar surface area (TPSA) is 153 Å². The minimum absolute atomic E-state index is 0.0307. The lowest BCUT2D eigenvalue weighted by atomic mass is 10.2. The number of phenolic OH excluding ortho intramolecular Hbond substituents is 1. The van der Waals surface area contributed by atoms with Gasteiger partial charge in [-0.05, 0) is 30.3 Å². The number of ether oxygens (including phenoxy) is 1. The molecule has 164 valence electrons. The fourth-order valence-electron chi connectivity index (χ4n) is 3.09. The van der Waals surface area contributed by atoms with Crippen LogP contribution in [0, 0.1) is 0 Å². The standard InChI is InChI=1S/C21H13N5O6S/c27-14-2-1-12-7-15(21(30)32-16(12)8-14)26-13(9-23-25-26)10-31-18-17(20(28)29)33-19(24-18)11-3-5-22-6-4-11/h1-9,27H,10H2,(H,28,29). The van der Waals surface area contributed by atoms with Crippen molar-refractivity contribution in [3.63, 3.8) is 0 Å². The Morgan fingerprint density at radius 2 is 2.00 bits per heavy atom. The van der Waals surface area contributed by atoms with Crippen molar-refractivity contribution in [1.29, 1.82) is 0 Å². The highest BCUT2D eigenvalue weighted by atomic mass is 32.1. The number of carbonyl (C=O) groups is 1. The second kappa shape index (κ2) is 8.16. The van der Waals surface area contributed by atoms with Crippen LogP contribution >= 0.6 is 11.3 Å². The van der Waals surface area contributed by atoms with E-state index in [0.717, 1.165) is 11.3 Å². The molecule has 2 N–H and O–H groups in total. The van der Waals surface area contributed by atoms with Crippen molar-refractivity contribution >= 4 is 28.3 Å². The molecule has 1 aromatic carbocycles. The molecule has 12 heteroatoms. The predicted molar refractivity (Wildman–Crippen MR) is 116 cm³/mol. The van der Waals surface area contributed by atoms with E-state index < -0.39 is 11.6 Å². The zero-order valence-corrected chi connectivity index (χ0v) is 17.4. The Kier molecular flexibility index (Phi) is 5.03. The second-order valence-electron chi connectivity index (χ2n) is 6.76. The molecule has 0 radical (unpaired) electrons. The number of aromatic nitrogens is 5. The summed E-state index contributed by atoms with van der Waals surface area (Å²) in [7, 11) is 0. The molecule has 0 aliphatic carbocycles. The van der Waals surface area contributed by atoms with Gasteiger partial charge in [0.1, 0.15) is 28.6 Å². The van der Waals surface area contributed by atoms with Crippen LogP contribution in [0.1, 0.15) is 15.4 Å². The average molecular weight is 463 g/mol. The van der Waals surface area contributed by atoms with E-state index in [4.69, 9.17) is 9.15 Å². The minimum atomic E-state index is -1.17. The Morgan fingerprint density at radius 1 is 1.18 bits per heavy atom. The number of rotatable bonds is 6. The Labute approximate surface area is 188 Å². The van der Waals surface area contributed by atoms with Crippen LogP contribution in [-0.4, -0.2) is 41.1 Å². The summed E-state index contributed by atoms with van der Waals surface area (Å²) in [5, 5.41) is 27.9. The summed E-state index contributed by atoms with van der Waals surface area (Å²) >= 11 is 0.977. The molecule has 0 saturated carbocycles. The van der Waals surface area contributed by atoms with E-state index in [9.17, 15) is 19.8 Å². The first-order chi connectivity index (χ1) is 16.0. The minimum Gasteiger partial charge on any atom is -0.508 e. The van der Waals surface area contributed by atoms with Gasteiger partial charge in [0.25, 0.3) is 0 Å². The summed E-state index contributed by atoms with van der Waals surface area (Å²) in [6.45, 7) is -0.153. The van der Waals surface area contributed by atoms with Crippen LogP contribution in [0.4, 0.5) is 0 Å². The molecule has 0 amide bonds. The highest BCUT2D eigenvalue weighted by molar-refractivity contribution is 7.17. The fraction of sp³-hybridized carbons (Fsp3) is 0.0476. The Hall–Kier alpha value is -4.58. The number of benzene rings is 1. The van der Waals surface area contributed by atoms with Gasteiger partial charge in [0, 0.05) is 29.4 Å². The molecule has 11 nitrogen and oxygen atoms in total. The summed E-state index contributed by atoms with van der Waals surface area (Å²) in [6, 6.07) is 9.37. The SMILES string of the molecule is O=C(O)c1sc(-c2ccncc2)nc1OCc1cnnn1-c1cc2ccc(O)cc2oc1=O. The molecule has 0 spiro atoms. The third-order valence-electron chi connectivity index (χ3n) is 4.62. The molecule has 4 heterocycles. The largest absolute Gasteiger partial charge is 0.508 e. The lowest BCUT2D eigenvalue weighted by molar-refractivity contribution is 0.0696. The van der Waals surface area contributed by atoms with Gasteiger partial charge in [-0.2, -0.15) is 0 Å². The Balaban J connectivity index is 1.46. The number of thiazole rings is 1. The number of hydrogen-bond acceptors (Lipinski definition) is 10. The predicted octanol–water partition coefficient (Wildman–Crippen LogP) is 2.88. The van der Waals surface area contributed by atoms with E-state index in [1.807, 2.05) is 0 Å². The maximum Gasteiger partial charge on any atom is 0.362 e. The van der Waals surface area contributed by atoms with Crippen molar-refractivity contribution in [3.8, 4) is 27.9 Å². The number of pyridine rings is 1. The Morgan fingerprint density at radius 3 is 2.79 bits per heavy atom. The number of hydrogen-bond donors (Lipinski definition) is 2. The van der Waals surface area contributed by atoms with Gasteiger partial charge in [0.15, 0.2) is 10.6 Å². The maximum absolute atomic E-state index is 12.5. The summed E-state index contributed by atoms with van der Waals surface area (Å²) in [5.74, 6) is -1.27. The monoisotopic (exact) mass is 463 g/mol. The van der Waals surface area contributed by atoms with Gasteiger partial charge in [-0.15, -0.1) is 16.4 Å². The van der Waals surface area contributed by atoms with E-state index in [1.54, 1.807) is 36.7 Å². The summed E-state index contributed by atoms with van der Waals surface area (Å²) in [6.07, 6.45) is 4.55. The molecular formula is C21H13N5O6S. The zero-order valence-electron chi connectivity index (χ0n) is 16.6. The van der Waals surface area contributed by atoms with E-state index in [0.29, 0.717) is 21.7 Å². The van der Waals surface area contributed by atoms with Gasteiger partial charge in [-0.1, -0.05) is 5.21 Å². The molecule has 0 fully saturated rings. The summed E-state index contributed by atoms with van der Waals surface area (Å²) in [5.41, 5.74) is 0.686. The first-order valence-corrected chi connectivity index (χ1v) is 10.3. The fourth-order valence-corrected chi connectivity index (χ4v) is 3.95. The van der Waals surface area contributed by atoms with Crippen LogP contribution < -0.4 is 10.4 Å². The van der Waals surface area contributed by atoms with Crippen molar-refractivity contribution in [2.45, 2.75) is 6.61 Å². The van der Waals surface area contributed by atoms with Gasteiger partial charge in [-0.25, -0.2) is 19.3 Å². The lowest BCUT2D eigenvalue weighted by Crippen LogP contribution is -2.15. The van der Waals surface area contributed by atoms with Crippen molar-refractivity contribution < 1.29 is 24.2 Å². The molecule has 0 aliphatic rings. The number of carboxylic acids is 1. The van der Waals surface area contributed by atoms with Gasteiger partial charge in [-0.3, -0.25) is 4.98 Å². The van der Waals surface area contributed by atoms with Crippen LogP contribution in [0.25, 0.3) is 27.2 Å². The number of nitrogens with zero attached hydrogens (tertiary/aromatic N) is 5. The van der Waals surface area contributed by atoms with Crippen LogP contribution in [-0.2, 0) is 6.61 Å². The van der Waals surface area contributed by atoms with Crippen molar-refractivity contribution in [1.82, 2.24) is 25.0 Å². The summed E-state index contributed by atoms with van der Waals surface area (Å²) in [4.78, 5) is 32.4. The van der Waals surface area contributed by atoms with Crippen LogP contribution in [0.2, 0.25) is 0 Å². The molecule has 0 bridgehead atoms. The molecule has 0 unspecified atom stereocenters. The highest BCUT2D eigenvalue weighted by Crippen LogP contribution is 2.32. The van der Waals surface area contributed by atoms with Gasteiger partial charge >= 0.3 is 11.6 Å². The number of phenols is 1. The van der Waals surface area contributed by atoms with Crippen LogP contribution in [0.3, 0.4) is 0 Å². The number of aromatic hydroxyl groups is 1. The van der Waals surface area contributed by atoms with Gasteiger partial charge < -0.3 is 19.4 Å². The van der Waals surface area contributed by atoms with E-state index in [-0.39, 0.29) is 34.4 Å². The van der Waals surface area contributed by atoms with Gasteiger partial charge in [0.2, 0.25) is 5.88 Å². The molecular weight excluding hydrogens is 450 g/mol. The normalized spacial score (nSPS) is 11.0. The molecule has 5 aromatic rings. The molecule has 5 rings (SSSR count). The first kappa shape index (κ1) is 20.3. The highest BCUT2D eigenvalue weighted by Gasteiger charge is 2.21. The van der Waals surface area contributed by atoms with Crippen LogP contribution in [0.5, 0.6) is 11.6 Å². The second-order valence-corrected chi connectivity index (χ2v) is 7.76. The number of fused-ring (bicyclic) bond motifs is 1. The maximum atomic E-state index is 12.5. The average Bonchev–Trinajstić information content (AvgIpc) is 3.45. The lowest BCUT2D eigenvalue weighted by Gasteiger charge is -2.07. The molecule has 0 atom stereocenters. The van der Waals surface area contributed by atoms with E-state index >= 15 is 0 Å².